The molecule has 0 saturated carbocycles. The molecule has 12 N–H and O–H groups in total. The van der Waals surface area contributed by atoms with Crippen LogP contribution < -0.4 is 34.4 Å². The standard InChI is InChI=1S/3C3H10N2.Ru/c3*4-2-1-3-5;/h3*1-5H2;/q;;;+3. The number of hydrogen-bond acceptors (Lipinski definition) is 6. The molecule has 7 heteroatoms. The van der Waals surface area contributed by atoms with Gasteiger partial charge in [-0.2, -0.15) is 0 Å². The van der Waals surface area contributed by atoms with Crippen LogP contribution in [0.1, 0.15) is 19.3 Å². The summed E-state index contributed by atoms with van der Waals surface area (Å²) in [5.41, 5.74) is 30.4. The third kappa shape index (κ3) is 63.2. The van der Waals surface area contributed by atoms with Crippen molar-refractivity contribution in [2.45, 2.75) is 19.3 Å². The quantitative estimate of drug-likeness (QED) is 0.307. The van der Waals surface area contributed by atoms with Crippen molar-refractivity contribution in [1.82, 2.24) is 0 Å². The van der Waals surface area contributed by atoms with E-state index in [2.05, 4.69) is 0 Å². The fourth-order valence-corrected chi connectivity index (χ4v) is 0.354. The summed E-state index contributed by atoms with van der Waals surface area (Å²) < 4.78 is 0. The molecule has 0 aromatic rings. The van der Waals surface area contributed by atoms with Crippen molar-refractivity contribution in [2.75, 3.05) is 39.3 Å². The zero-order valence-corrected chi connectivity index (χ0v) is 11.9. The van der Waals surface area contributed by atoms with Crippen molar-refractivity contribution in [3.05, 3.63) is 0 Å². The summed E-state index contributed by atoms with van der Waals surface area (Å²) in [6, 6.07) is 0. The second-order valence-corrected chi connectivity index (χ2v) is 2.79. The van der Waals surface area contributed by atoms with Gasteiger partial charge in [0.1, 0.15) is 0 Å². The van der Waals surface area contributed by atoms with Gasteiger partial charge in [-0.1, -0.05) is 0 Å². The first-order valence-corrected chi connectivity index (χ1v) is 5.45. The average Bonchev–Trinajstić information content (AvgIpc) is 2.23. The number of rotatable bonds is 6. The Balaban J connectivity index is -0.0000000655. The van der Waals surface area contributed by atoms with Crippen molar-refractivity contribution >= 4 is 0 Å². The molecule has 0 unspecified atom stereocenters. The minimum atomic E-state index is 0. The summed E-state index contributed by atoms with van der Waals surface area (Å²) in [5, 5.41) is 0. The van der Waals surface area contributed by atoms with E-state index >= 15 is 0 Å². The van der Waals surface area contributed by atoms with Gasteiger partial charge in [-0.25, -0.2) is 0 Å². The van der Waals surface area contributed by atoms with E-state index in [4.69, 9.17) is 34.4 Å². The minimum absolute atomic E-state index is 0. The molecule has 0 aliphatic heterocycles. The molecule has 6 nitrogen and oxygen atoms in total. The number of hydrogen-bond donors (Lipinski definition) is 6. The molecule has 0 aromatic carbocycles. The van der Waals surface area contributed by atoms with Gasteiger partial charge in [0.25, 0.3) is 0 Å². The predicted molar refractivity (Wildman–Crippen MR) is 68.2 cm³/mol. The second-order valence-electron chi connectivity index (χ2n) is 2.79. The average molecular weight is 323 g/mol. The molecule has 0 heterocycles. The maximum Gasteiger partial charge on any atom is 3.00 e. The van der Waals surface area contributed by atoms with Gasteiger partial charge >= 0.3 is 19.5 Å². The zero-order chi connectivity index (χ0) is 12.4. The summed E-state index contributed by atoms with van der Waals surface area (Å²) in [6.45, 7) is 4.31. The van der Waals surface area contributed by atoms with E-state index in [1.807, 2.05) is 0 Å². The molecule has 0 amide bonds. The van der Waals surface area contributed by atoms with E-state index in [9.17, 15) is 0 Å². The Morgan fingerprint density at radius 3 is 0.500 bits per heavy atom. The molecule has 0 spiro atoms. The zero-order valence-electron chi connectivity index (χ0n) is 10.2. The summed E-state index contributed by atoms with van der Waals surface area (Å²) in [5.74, 6) is 0. The first-order valence-electron chi connectivity index (χ1n) is 5.45. The molecule has 16 heavy (non-hydrogen) atoms. The van der Waals surface area contributed by atoms with Gasteiger partial charge in [0.15, 0.2) is 0 Å². The van der Waals surface area contributed by atoms with E-state index in [1.54, 1.807) is 0 Å². The molecule has 0 bridgehead atoms. The van der Waals surface area contributed by atoms with Crippen molar-refractivity contribution in [3.8, 4) is 0 Å². The SMILES string of the molecule is NCCCN.NCCCN.NCCCN.[Ru+3]. The van der Waals surface area contributed by atoms with Crippen LogP contribution in [0.15, 0.2) is 0 Å². The fourth-order valence-electron chi connectivity index (χ4n) is 0.354. The molecule has 0 aliphatic rings. The van der Waals surface area contributed by atoms with Gasteiger partial charge in [-0.15, -0.1) is 0 Å². The first-order chi connectivity index (χ1) is 7.24. The third-order valence-corrected chi connectivity index (χ3v) is 1.22. The van der Waals surface area contributed by atoms with Crippen molar-refractivity contribution < 1.29 is 19.5 Å². The van der Waals surface area contributed by atoms with E-state index in [0.29, 0.717) is 0 Å². The Labute approximate surface area is 113 Å². The first kappa shape index (κ1) is 25.3. The summed E-state index contributed by atoms with van der Waals surface area (Å²) in [6.07, 6.45) is 2.83. The van der Waals surface area contributed by atoms with Gasteiger partial charge < -0.3 is 34.4 Å². The van der Waals surface area contributed by atoms with Crippen molar-refractivity contribution in [3.63, 3.8) is 0 Å². The van der Waals surface area contributed by atoms with Crippen LogP contribution in [0.3, 0.4) is 0 Å². The topological polar surface area (TPSA) is 156 Å². The van der Waals surface area contributed by atoms with Gasteiger partial charge in [0.05, 0.1) is 0 Å². The second kappa shape index (κ2) is 36.1. The Hall–Kier alpha value is 0.383. The van der Waals surface area contributed by atoms with Crippen LogP contribution in [0, 0.1) is 0 Å². The molecule has 101 valence electrons. The van der Waals surface area contributed by atoms with Crippen molar-refractivity contribution in [1.29, 1.82) is 0 Å². The predicted octanol–water partition coefficient (Wildman–Crippen LogP) is -2.12. The van der Waals surface area contributed by atoms with Crippen LogP contribution in [0.2, 0.25) is 0 Å². The Morgan fingerprint density at radius 1 is 0.375 bits per heavy atom. The van der Waals surface area contributed by atoms with Crippen molar-refractivity contribution in [2.24, 2.45) is 34.4 Å². The summed E-state index contributed by atoms with van der Waals surface area (Å²) in [4.78, 5) is 0. The maximum atomic E-state index is 5.06. The molecule has 0 aliphatic carbocycles. The van der Waals surface area contributed by atoms with E-state index in [-0.39, 0.29) is 19.5 Å². The summed E-state index contributed by atoms with van der Waals surface area (Å²) >= 11 is 0. The van der Waals surface area contributed by atoms with Crippen LogP contribution in [0.4, 0.5) is 0 Å². The molecule has 0 saturated heterocycles. The van der Waals surface area contributed by atoms with Crippen LogP contribution in [0.25, 0.3) is 0 Å². The van der Waals surface area contributed by atoms with Gasteiger partial charge in [0, 0.05) is 0 Å². The normalized spacial score (nSPS) is 7.88. The smallest absolute Gasteiger partial charge is 0.330 e. The van der Waals surface area contributed by atoms with Gasteiger partial charge in [0.2, 0.25) is 0 Å². The van der Waals surface area contributed by atoms with Crippen LogP contribution >= 0.6 is 0 Å². The van der Waals surface area contributed by atoms with E-state index in [0.717, 1.165) is 58.5 Å². The fraction of sp³-hybridized carbons (Fsp3) is 1.00. The molecule has 0 aromatic heterocycles. The Morgan fingerprint density at radius 2 is 0.500 bits per heavy atom. The molecule has 0 fully saturated rings. The van der Waals surface area contributed by atoms with Gasteiger partial charge in [-0.3, -0.25) is 0 Å². The Kier molecular flexibility index (Phi) is 57.1. The maximum absolute atomic E-state index is 5.06. The largest absolute Gasteiger partial charge is 3.00 e. The van der Waals surface area contributed by atoms with Crippen LogP contribution in [-0.4, -0.2) is 39.3 Å². The monoisotopic (exact) mass is 324 g/mol. The molecule has 1 radical (unpaired) electrons. The molecule has 0 atom stereocenters. The van der Waals surface area contributed by atoms with E-state index < -0.39 is 0 Å². The van der Waals surface area contributed by atoms with E-state index in [1.165, 1.54) is 0 Å². The minimum Gasteiger partial charge on any atom is -0.330 e. The van der Waals surface area contributed by atoms with Crippen LogP contribution in [0.5, 0.6) is 0 Å². The third-order valence-electron chi connectivity index (χ3n) is 1.22. The Bertz CT molecular complexity index is 56.8. The number of nitrogens with two attached hydrogens (primary N) is 6. The van der Waals surface area contributed by atoms with Gasteiger partial charge in [-0.05, 0) is 58.5 Å². The molecular formula is C9H30N6Ru+3. The summed E-state index contributed by atoms with van der Waals surface area (Å²) in [7, 11) is 0. The van der Waals surface area contributed by atoms with Crippen LogP contribution in [-0.2, 0) is 19.5 Å². The molecule has 0 rings (SSSR count). The molecular weight excluding hydrogens is 293 g/mol.